The first kappa shape index (κ1) is 17.4. The molecule has 8 nitrogen and oxygen atoms in total. The third-order valence-electron chi connectivity index (χ3n) is 4.71. The molecule has 140 valence electrons. The molecule has 27 heavy (non-hydrogen) atoms. The molecule has 4 rings (SSSR count). The summed E-state index contributed by atoms with van der Waals surface area (Å²) >= 11 is 0. The van der Waals surface area contributed by atoms with Gasteiger partial charge in [-0.25, -0.2) is 0 Å². The van der Waals surface area contributed by atoms with Crippen molar-refractivity contribution in [3.8, 4) is 11.4 Å². The van der Waals surface area contributed by atoms with Crippen LogP contribution < -0.4 is 0 Å². The van der Waals surface area contributed by atoms with Gasteiger partial charge in [-0.1, -0.05) is 47.6 Å². The van der Waals surface area contributed by atoms with Crippen LogP contribution in [-0.4, -0.2) is 37.6 Å². The highest BCUT2D eigenvalue weighted by Crippen LogP contribution is 2.31. The standard InChI is InChI=1S/C19H21N5O3/c1-2-15-20-19(27-22-15)14-9-6-12-24(14)17(25)11-10-16-21-18(23-26-16)13-7-4-3-5-8-13/h3-5,7-8,14H,2,6,9-12H2,1H3. The molecule has 3 heterocycles. The molecule has 8 heteroatoms. The molecule has 1 aromatic carbocycles. The van der Waals surface area contributed by atoms with Gasteiger partial charge in [-0.3, -0.25) is 4.79 Å². The Bertz CT molecular complexity index is 905. The van der Waals surface area contributed by atoms with Crippen molar-refractivity contribution in [1.29, 1.82) is 0 Å². The molecule has 0 radical (unpaired) electrons. The Balaban J connectivity index is 1.38. The summed E-state index contributed by atoms with van der Waals surface area (Å²) in [6.07, 6.45) is 3.20. The summed E-state index contributed by atoms with van der Waals surface area (Å²) < 4.78 is 10.6. The Morgan fingerprint density at radius 1 is 1.19 bits per heavy atom. The number of hydrogen-bond donors (Lipinski definition) is 0. The van der Waals surface area contributed by atoms with Gasteiger partial charge in [0.25, 0.3) is 0 Å². The minimum atomic E-state index is -0.132. The molecule has 0 saturated carbocycles. The third kappa shape index (κ3) is 3.74. The lowest BCUT2D eigenvalue weighted by atomic mass is 10.2. The van der Waals surface area contributed by atoms with E-state index in [0.717, 1.165) is 18.4 Å². The molecule has 1 aliphatic heterocycles. The summed E-state index contributed by atoms with van der Waals surface area (Å²) in [5.41, 5.74) is 0.890. The smallest absolute Gasteiger partial charge is 0.249 e. The van der Waals surface area contributed by atoms with E-state index in [1.807, 2.05) is 42.2 Å². The summed E-state index contributed by atoms with van der Waals surface area (Å²) in [6.45, 7) is 2.67. The first-order chi connectivity index (χ1) is 13.2. The summed E-state index contributed by atoms with van der Waals surface area (Å²) in [5, 5.41) is 7.93. The second-order valence-corrected chi connectivity index (χ2v) is 6.53. The van der Waals surface area contributed by atoms with Gasteiger partial charge in [-0.05, 0) is 12.8 Å². The topological polar surface area (TPSA) is 98.2 Å². The molecule has 0 bridgehead atoms. The van der Waals surface area contributed by atoms with Gasteiger partial charge in [-0.2, -0.15) is 9.97 Å². The first-order valence-electron chi connectivity index (χ1n) is 9.24. The molecule has 1 unspecified atom stereocenters. The van der Waals surface area contributed by atoms with E-state index in [1.54, 1.807) is 0 Å². The second kappa shape index (κ2) is 7.69. The van der Waals surface area contributed by atoms with Gasteiger partial charge >= 0.3 is 0 Å². The maximum absolute atomic E-state index is 12.7. The number of hydrogen-bond acceptors (Lipinski definition) is 7. The molecule has 1 atom stereocenters. The van der Waals surface area contributed by atoms with Gasteiger partial charge in [0, 0.05) is 31.4 Å². The fourth-order valence-corrected chi connectivity index (χ4v) is 3.29. The summed E-state index contributed by atoms with van der Waals surface area (Å²) in [6, 6.07) is 9.48. The highest BCUT2D eigenvalue weighted by atomic mass is 16.5. The molecule has 2 aromatic heterocycles. The minimum absolute atomic E-state index is 0.0354. The SMILES string of the molecule is CCc1noc(C2CCCN2C(=O)CCc2nc(-c3ccccc3)no2)n1. The number of rotatable bonds is 6. The molecule has 3 aromatic rings. The monoisotopic (exact) mass is 367 g/mol. The predicted octanol–water partition coefficient (Wildman–Crippen LogP) is 2.98. The summed E-state index contributed by atoms with van der Waals surface area (Å²) in [7, 11) is 0. The van der Waals surface area contributed by atoms with Crippen LogP contribution in [0, 0.1) is 0 Å². The average molecular weight is 367 g/mol. The third-order valence-corrected chi connectivity index (χ3v) is 4.71. The summed E-state index contributed by atoms with van der Waals surface area (Å²) in [4.78, 5) is 23.3. The van der Waals surface area contributed by atoms with Crippen molar-refractivity contribution >= 4 is 5.91 Å². The van der Waals surface area contributed by atoms with Crippen LogP contribution in [0.5, 0.6) is 0 Å². The van der Waals surface area contributed by atoms with E-state index in [4.69, 9.17) is 9.05 Å². The van der Waals surface area contributed by atoms with Crippen molar-refractivity contribution in [2.24, 2.45) is 0 Å². The Labute approximate surface area is 156 Å². The molecule has 0 N–H and O–H groups in total. The molecular weight excluding hydrogens is 346 g/mol. The maximum Gasteiger partial charge on any atom is 0.249 e. The minimum Gasteiger partial charge on any atom is -0.339 e. The van der Waals surface area contributed by atoms with E-state index in [0.29, 0.717) is 49.2 Å². The largest absolute Gasteiger partial charge is 0.339 e. The van der Waals surface area contributed by atoms with E-state index >= 15 is 0 Å². The number of amides is 1. The van der Waals surface area contributed by atoms with Crippen LogP contribution in [0.4, 0.5) is 0 Å². The van der Waals surface area contributed by atoms with Crippen LogP contribution in [0.25, 0.3) is 11.4 Å². The van der Waals surface area contributed by atoms with Crippen LogP contribution in [0.15, 0.2) is 39.4 Å². The van der Waals surface area contributed by atoms with Gasteiger partial charge in [0.15, 0.2) is 5.82 Å². The fourth-order valence-electron chi connectivity index (χ4n) is 3.29. The molecule has 0 aliphatic carbocycles. The number of carbonyl (C=O) groups excluding carboxylic acids is 1. The van der Waals surface area contributed by atoms with Crippen molar-refractivity contribution in [2.75, 3.05) is 6.54 Å². The number of likely N-dealkylation sites (tertiary alicyclic amines) is 1. The van der Waals surface area contributed by atoms with Crippen LogP contribution in [-0.2, 0) is 17.6 Å². The van der Waals surface area contributed by atoms with Crippen LogP contribution in [0.1, 0.15) is 49.8 Å². The second-order valence-electron chi connectivity index (χ2n) is 6.53. The van der Waals surface area contributed by atoms with Gasteiger partial charge in [-0.15, -0.1) is 0 Å². The highest BCUT2D eigenvalue weighted by molar-refractivity contribution is 5.77. The van der Waals surface area contributed by atoms with Crippen molar-refractivity contribution in [2.45, 2.75) is 45.1 Å². The zero-order valence-electron chi connectivity index (χ0n) is 15.2. The zero-order valence-corrected chi connectivity index (χ0v) is 15.2. The molecule has 1 amide bonds. The molecule has 1 aliphatic rings. The molecular formula is C19H21N5O3. The van der Waals surface area contributed by atoms with Crippen LogP contribution >= 0.6 is 0 Å². The zero-order chi connectivity index (χ0) is 18.6. The number of carbonyl (C=O) groups is 1. The van der Waals surface area contributed by atoms with Crippen molar-refractivity contribution in [3.05, 3.63) is 47.9 Å². The molecule has 1 saturated heterocycles. The van der Waals surface area contributed by atoms with Gasteiger partial charge < -0.3 is 13.9 Å². The lowest BCUT2D eigenvalue weighted by molar-refractivity contribution is -0.132. The van der Waals surface area contributed by atoms with E-state index in [1.165, 1.54) is 0 Å². The van der Waals surface area contributed by atoms with Crippen LogP contribution in [0.3, 0.4) is 0 Å². The Morgan fingerprint density at radius 2 is 2.04 bits per heavy atom. The predicted molar refractivity (Wildman–Crippen MR) is 95.4 cm³/mol. The van der Waals surface area contributed by atoms with Gasteiger partial charge in [0.05, 0.1) is 0 Å². The van der Waals surface area contributed by atoms with Gasteiger partial charge in [0.1, 0.15) is 6.04 Å². The fraction of sp³-hybridized carbons (Fsp3) is 0.421. The number of nitrogens with zero attached hydrogens (tertiary/aromatic N) is 5. The van der Waals surface area contributed by atoms with Crippen molar-refractivity contribution in [1.82, 2.24) is 25.2 Å². The Hall–Kier alpha value is -3.03. The molecule has 1 fully saturated rings. The number of aryl methyl sites for hydroxylation is 2. The van der Waals surface area contributed by atoms with E-state index < -0.39 is 0 Å². The first-order valence-corrected chi connectivity index (χ1v) is 9.24. The van der Waals surface area contributed by atoms with E-state index in [-0.39, 0.29) is 11.9 Å². The van der Waals surface area contributed by atoms with E-state index in [2.05, 4.69) is 20.3 Å². The Morgan fingerprint density at radius 3 is 2.81 bits per heavy atom. The Kier molecular flexibility index (Phi) is 4.95. The average Bonchev–Trinajstić information content (AvgIpc) is 3.46. The van der Waals surface area contributed by atoms with Crippen molar-refractivity contribution < 1.29 is 13.8 Å². The van der Waals surface area contributed by atoms with Gasteiger partial charge in [0.2, 0.25) is 23.5 Å². The van der Waals surface area contributed by atoms with Crippen molar-refractivity contribution in [3.63, 3.8) is 0 Å². The van der Waals surface area contributed by atoms with E-state index in [9.17, 15) is 4.79 Å². The normalized spacial score (nSPS) is 16.8. The summed E-state index contributed by atoms with van der Waals surface area (Å²) in [5.74, 6) is 2.23. The lowest BCUT2D eigenvalue weighted by Crippen LogP contribution is -2.30. The number of benzene rings is 1. The highest BCUT2D eigenvalue weighted by Gasteiger charge is 2.33. The van der Waals surface area contributed by atoms with Crippen LogP contribution in [0.2, 0.25) is 0 Å². The quantitative estimate of drug-likeness (QED) is 0.660. The lowest BCUT2D eigenvalue weighted by Gasteiger charge is -2.21. The number of aromatic nitrogens is 4. The molecule has 0 spiro atoms. The maximum atomic E-state index is 12.7.